The van der Waals surface area contributed by atoms with Crippen molar-refractivity contribution in [2.24, 2.45) is 0 Å². The molecule has 0 bridgehead atoms. The van der Waals surface area contributed by atoms with Crippen LogP contribution in [0, 0.1) is 0 Å². The molecule has 0 amide bonds. The van der Waals surface area contributed by atoms with Crippen LogP contribution < -0.4 is 14.4 Å². The average molecular weight is 252 g/mol. The van der Waals surface area contributed by atoms with Gasteiger partial charge in [0.05, 0.1) is 19.8 Å². The van der Waals surface area contributed by atoms with Crippen molar-refractivity contribution in [2.45, 2.75) is 6.92 Å². The van der Waals surface area contributed by atoms with Crippen LogP contribution in [0.5, 0.6) is 11.5 Å². The monoisotopic (exact) mass is 252 g/mol. The maximum atomic E-state index is 5.81. The number of hydrogen-bond donors (Lipinski definition) is 1. The van der Waals surface area contributed by atoms with Gasteiger partial charge in [0.2, 0.25) is 0 Å². The molecule has 1 N–H and O–H groups in total. The van der Waals surface area contributed by atoms with Gasteiger partial charge in [0.1, 0.15) is 26.2 Å². The highest BCUT2D eigenvalue weighted by molar-refractivity contribution is 5.39. The second-order valence-electron chi connectivity index (χ2n) is 4.34. The molecule has 0 unspecified atom stereocenters. The van der Waals surface area contributed by atoms with E-state index in [1.165, 1.54) is 0 Å². The van der Waals surface area contributed by atoms with Crippen molar-refractivity contribution in [3.05, 3.63) is 24.3 Å². The van der Waals surface area contributed by atoms with Crippen LogP contribution in [0.4, 0.5) is 0 Å². The van der Waals surface area contributed by atoms with Crippen molar-refractivity contribution in [1.82, 2.24) is 0 Å². The van der Waals surface area contributed by atoms with Gasteiger partial charge in [0, 0.05) is 0 Å². The molecule has 4 nitrogen and oxygen atoms in total. The number of nitrogens with one attached hydrogen (secondary N) is 1. The Bertz CT molecular complexity index is 351. The summed E-state index contributed by atoms with van der Waals surface area (Å²) in [7, 11) is 0. The number of hydrogen-bond acceptors (Lipinski definition) is 3. The maximum absolute atomic E-state index is 5.81. The van der Waals surface area contributed by atoms with Gasteiger partial charge >= 0.3 is 0 Å². The highest BCUT2D eigenvalue weighted by Gasteiger charge is 2.13. The van der Waals surface area contributed by atoms with Gasteiger partial charge in [-0.15, -0.1) is 0 Å². The summed E-state index contributed by atoms with van der Waals surface area (Å²) in [6, 6.07) is 7.84. The van der Waals surface area contributed by atoms with Gasteiger partial charge in [0.15, 0.2) is 11.5 Å². The Morgan fingerprint density at radius 2 is 1.78 bits per heavy atom. The quantitative estimate of drug-likeness (QED) is 0.794. The second kappa shape index (κ2) is 7.24. The number of morpholine rings is 1. The molecule has 1 saturated heterocycles. The lowest BCUT2D eigenvalue weighted by atomic mass is 10.3. The van der Waals surface area contributed by atoms with Crippen molar-refractivity contribution in [3.8, 4) is 11.5 Å². The Balaban J connectivity index is 1.78. The third kappa shape index (κ3) is 3.89. The number of benzene rings is 1. The van der Waals surface area contributed by atoms with E-state index < -0.39 is 0 Å². The smallest absolute Gasteiger partial charge is 0.161 e. The first-order valence-corrected chi connectivity index (χ1v) is 6.66. The predicted molar refractivity (Wildman–Crippen MR) is 69.5 cm³/mol. The molecule has 100 valence electrons. The summed E-state index contributed by atoms with van der Waals surface area (Å²) in [6.45, 7) is 8.27. The molecule has 0 aromatic heterocycles. The highest BCUT2D eigenvalue weighted by Crippen LogP contribution is 2.25. The van der Waals surface area contributed by atoms with Gasteiger partial charge in [-0.3, -0.25) is 0 Å². The Morgan fingerprint density at radius 1 is 1.11 bits per heavy atom. The largest absolute Gasteiger partial charge is 0.490 e. The van der Waals surface area contributed by atoms with E-state index in [1.807, 2.05) is 31.2 Å². The third-order valence-corrected chi connectivity index (χ3v) is 3.06. The van der Waals surface area contributed by atoms with Crippen molar-refractivity contribution in [1.29, 1.82) is 0 Å². The average Bonchev–Trinajstić information content (AvgIpc) is 2.42. The SMILES string of the molecule is CCOc1ccccc1OCC[NH+]1CCOCC1. The van der Waals surface area contributed by atoms with E-state index >= 15 is 0 Å². The van der Waals surface area contributed by atoms with Crippen LogP contribution in [0.3, 0.4) is 0 Å². The van der Waals surface area contributed by atoms with Crippen molar-refractivity contribution < 1.29 is 19.1 Å². The van der Waals surface area contributed by atoms with Crippen LogP contribution in [-0.4, -0.2) is 46.1 Å². The first kappa shape index (κ1) is 13.2. The lowest BCUT2D eigenvalue weighted by Gasteiger charge is -2.23. The predicted octanol–water partition coefficient (Wildman–Crippen LogP) is 0.379. The molecule has 1 heterocycles. The summed E-state index contributed by atoms with van der Waals surface area (Å²) in [5.41, 5.74) is 0. The summed E-state index contributed by atoms with van der Waals surface area (Å²) < 4.78 is 16.7. The Kier molecular flexibility index (Phi) is 5.30. The summed E-state index contributed by atoms with van der Waals surface area (Å²) in [4.78, 5) is 1.55. The van der Waals surface area contributed by atoms with E-state index in [9.17, 15) is 0 Å². The van der Waals surface area contributed by atoms with E-state index in [-0.39, 0.29) is 0 Å². The molecule has 0 saturated carbocycles. The van der Waals surface area contributed by atoms with Crippen LogP contribution in [-0.2, 0) is 4.74 Å². The molecule has 1 fully saturated rings. The molecule has 0 atom stereocenters. The first-order chi connectivity index (χ1) is 8.90. The van der Waals surface area contributed by atoms with Crippen LogP contribution in [0.15, 0.2) is 24.3 Å². The molecule has 1 aliphatic rings. The lowest BCUT2D eigenvalue weighted by molar-refractivity contribution is -0.908. The molecule has 0 spiro atoms. The topological polar surface area (TPSA) is 32.1 Å². The zero-order valence-corrected chi connectivity index (χ0v) is 11.0. The minimum absolute atomic E-state index is 0.662. The van der Waals surface area contributed by atoms with Gasteiger partial charge in [-0.2, -0.15) is 0 Å². The zero-order valence-electron chi connectivity index (χ0n) is 11.0. The second-order valence-corrected chi connectivity index (χ2v) is 4.34. The molecule has 0 aliphatic carbocycles. The lowest BCUT2D eigenvalue weighted by Crippen LogP contribution is -3.14. The fourth-order valence-electron chi connectivity index (χ4n) is 2.06. The number of ether oxygens (including phenoxy) is 3. The van der Waals surface area contributed by atoms with Crippen LogP contribution in [0.2, 0.25) is 0 Å². The Hall–Kier alpha value is -1.26. The normalized spacial score (nSPS) is 16.5. The third-order valence-electron chi connectivity index (χ3n) is 3.06. The summed E-state index contributed by atoms with van der Waals surface area (Å²) in [6.07, 6.45) is 0. The standard InChI is InChI=1S/C14H21NO3/c1-2-17-13-5-3-4-6-14(13)18-12-9-15-7-10-16-11-8-15/h3-6H,2,7-12H2,1H3/p+1. The van der Waals surface area contributed by atoms with Crippen LogP contribution in [0.1, 0.15) is 6.92 Å². The first-order valence-electron chi connectivity index (χ1n) is 6.66. The van der Waals surface area contributed by atoms with Gasteiger partial charge in [-0.1, -0.05) is 12.1 Å². The molecule has 18 heavy (non-hydrogen) atoms. The fraction of sp³-hybridized carbons (Fsp3) is 0.571. The maximum Gasteiger partial charge on any atom is 0.161 e. The van der Waals surface area contributed by atoms with Crippen LogP contribution >= 0.6 is 0 Å². The van der Waals surface area contributed by atoms with Crippen molar-refractivity contribution in [3.63, 3.8) is 0 Å². The highest BCUT2D eigenvalue weighted by atomic mass is 16.5. The molecule has 2 rings (SSSR count). The van der Waals surface area contributed by atoms with Gasteiger partial charge in [-0.05, 0) is 19.1 Å². The van der Waals surface area contributed by atoms with Crippen molar-refractivity contribution in [2.75, 3.05) is 46.1 Å². The zero-order chi connectivity index (χ0) is 12.6. The number of rotatable bonds is 6. The van der Waals surface area contributed by atoms with Crippen molar-refractivity contribution >= 4 is 0 Å². The minimum atomic E-state index is 0.662. The Morgan fingerprint density at radius 3 is 2.44 bits per heavy atom. The fourth-order valence-corrected chi connectivity index (χ4v) is 2.06. The molecule has 1 aromatic carbocycles. The summed E-state index contributed by atoms with van der Waals surface area (Å²) in [5, 5.41) is 0. The number of para-hydroxylation sites is 2. The molecule has 4 heteroatoms. The van der Waals surface area contributed by atoms with Crippen LogP contribution in [0.25, 0.3) is 0 Å². The molecular weight excluding hydrogens is 230 g/mol. The molecule has 1 aliphatic heterocycles. The molecule has 0 radical (unpaired) electrons. The van der Waals surface area contributed by atoms with E-state index in [0.717, 1.165) is 51.0 Å². The van der Waals surface area contributed by atoms with E-state index in [1.54, 1.807) is 4.90 Å². The summed E-state index contributed by atoms with van der Waals surface area (Å²) in [5.74, 6) is 1.67. The minimum Gasteiger partial charge on any atom is -0.490 e. The van der Waals surface area contributed by atoms with E-state index in [2.05, 4.69) is 0 Å². The van der Waals surface area contributed by atoms with Gasteiger partial charge in [0.25, 0.3) is 0 Å². The van der Waals surface area contributed by atoms with E-state index in [0.29, 0.717) is 6.61 Å². The molecule has 1 aromatic rings. The van der Waals surface area contributed by atoms with Gasteiger partial charge < -0.3 is 19.1 Å². The Labute approximate surface area is 108 Å². The molecular formula is C14H22NO3+. The van der Waals surface area contributed by atoms with Gasteiger partial charge in [-0.25, -0.2) is 0 Å². The number of quaternary nitrogens is 1. The van der Waals surface area contributed by atoms with E-state index in [4.69, 9.17) is 14.2 Å². The summed E-state index contributed by atoms with van der Waals surface area (Å²) >= 11 is 0.